The molecule has 1 fully saturated rings. The van der Waals surface area contributed by atoms with Crippen molar-refractivity contribution in [3.8, 4) is 0 Å². The van der Waals surface area contributed by atoms with E-state index < -0.39 is 8.07 Å². The molecule has 0 aliphatic heterocycles. The fourth-order valence-electron chi connectivity index (χ4n) is 2.31. The quantitative estimate of drug-likeness (QED) is 0.418. The van der Waals surface area contributed by atoms with Crippen molar-refractivity contribution in [2.24, 2.45) is 0 Å². The van der Waals surface area contributed by atoms with Gasteiger partial charge in [-0.2, -0.15) is 0 Å². The fraction of sp³-hybridized carbons (Fsp3) is 0.786. The number of hydrogen-bond donors (Lipinski definition) is 0. The summed E-state index contributed by atoms with van der Waals surface area (Å²) in [5.74, 6) is -0.206. The van der Waals surface area contributed by atoms with Crippen LogP contribution in [0.15, 0.2) is 12.2 Å². The molecule has 2 nitrogen and oxygen atoms in total. The van der Waals surface area contributed by atoms with Gasteiger partial charge in [0.15, 0.2) is 0 Å². The first-order valence-electron chi connectivity index (χ1n) is 6.63. The second-order valence-electron chi connectivity index (χ2n) is 6.62. The Balaban J connectivity index is 2.63. The van der Waals surface area contributed by atoms with Crippen molar-refractivity contribution >= 4 is 14.0 Å². The van der Waals surface area contributed by atoms with Gasteiger partial charge in [0.2, 0.25) is 0 Å². The van der Waals surface area contributed by atoms with E-state index in [4.69, 9.17) is 4.74 Å². The SMILES string of the molecule is C=C(C)C(=O)OC1(CC[Si](C)(C)C)CCCC1. The van der Waals surface area contributed by atoms with E-state index in [1.807, 2.05) is 0 Å². The summed E-state index contributed by atoms with van der Waals surface area (Å²) >= 11 is 0. The van der Waals surface area contributed by atoms with Crippen LogP contribution >= 0.6 is 0 Å². The van der Waals surface area contributed by atoms with Gasteiger partial charge >= 0.3 is 5.97 Å². The molecule has 1 aliphatic carbocycles. The van der Waals surface area contributed by atoms with Gasteiger partial charge in [-0.25, -0.2) is 4.79 Å². The van der Waals surface area contributed by atoms with Crippen LogP contribution in [0.2, 0.25) is 25.7 Å². The number of carbonyl (C=O) groups excluding carboxylic acids is 1. The second-order valence-corrected chi connectivity index (χ2v) is 12.2. The lowest BCUT2D eigenvalue weighted by atomic mass is 9.98. The summed E-state index contributed by atoms with van der Waals surface area (Å²) in [4.78, 5) is 11.7. The van der Waals surface area contributed by atoms with Gasteiger partial charge in [0, 0.05) is 13.6 Å². The zero-order valence-electron chi connectivity index (χ0n) is 11.8. The molecule has 0 spiro atoms. The maximum Gasteiger partial charge on any atom is 0.333 e. The summed E-state index contributed by atoms with van der Waals surface area (Å²) in [5.41, 5.74) is 0.348. The average molecular weight is 254 g/mol. The molecule has 0 radical (unpaired) electrons. The van der Waals surface area contributed by atoms with Crippen molar-refractivity contribution in [3.05, 3.63) is 12.2 Å². The molecule has 17 heavy (non-hydrogen) atoms. The van der Waals surface area contributed by atoms with Crippen molar-refractivity contribution < 1.29 is 9.53 Å². The highest BCUT2D eigenvalue weighted by atomic mass is 28.3. The highest BCUT2D eigenvalue weighted by molar-refractivity contribution is 6.76. The Labute approximate surface area is 106 Å². The van der Waals surface area contributed by atoms with Crippen LogP contribution in [0.4, 0.5) is 0 Å². The van der Waals surface area contributed by atoms with E-state index in [1.165, 1.54) is 18.9 Å². The third kappa shape index (κ3) is 4.66. The number of esters is 1. The van der Waals surface area contributed by atoms with Crippen LogP contribution in [0.5, 0.6) is 0 Å². The molecule has 0 N–H and O–H groups in total. The summed E-state index contributed by atoms with van der Waals surface area (Å²) < 4.78 is 5.74. The Hall–Kier alpha value is -0.573. The second kappa shape index (κ2) is 5.38. The van der Waals surface area contributed by atoms with Gasteiger partial charge in [-0.1, -0.05) is 32.3 Å². The average Bonchev–Trinajstić information content (AvgIpc) is 2.63. The number of hydrogen-bond acceptors (Lipinski definition) is 2. The molecule has 0 bridgehead atoms. The molecule has 0 unspecified atom stereocenters. The lowest BCUT2D eigenvalue weighted by molar-refractivity contribution is -0.154. The molecule has 3 heteroatoms. The first-order chi connectivity index (χ1) is 7.74. The minimum absolute atomic E-state index is 0.170. The van der Waals surface area contributed by atoms with Gasteiger partial charge in [-0.3, -0.25) is 0 Å². The van der Waals surface area contributed by atoms with Crippen LogP contribution in [0.1, 0.15) is 39.0 Å². The van der Waals surface area contributed by atoms with E-state index in [1.54, 1.807) is 6.92 Å². The topological polar surface area (TPSA) is 26.3 Å². The summed E-state index contributed by atoms with van der Waals surface area (Å²) in [6.07, 6.45) is 5.50. The zero-order chi connectivity index (χ0) is 13.1. The molecule has 1 saturated carbocycles. The van der Waals surface area contributed by atoms with E-state index in [-0.39, 0.29) is 11.6 Å². The maximum atomic E-state index is 11.7. The number of rotatable bonds is 5. The Bertz CT molecular complexity index is 296. The summed E-state index contributed by atoms with van der Waals surface area (Å²) in [6.45, 7) is 12.5. The molecule has 1 aliphatic rings. The van der Waals surface area contributed by atoms with E-state index in [2.05, 4.69) is 26.2 Å². The standard InChI is InChI=1S/C14H26O2Si/c1-12(2)13(15)16-14(8-6-7-9-14)10-11-17(3,4)5/h1,6-11H2,2-5H3. The highest BCUT2D eigenvalue weighted by Crippen LogP contribution is 2.39. The van der Waals surface area contributed by atoms with E-state index >= 15 is 0 Å². The molecule has 1 rings (SSSR count). The van der Waals surface area contributed by atoms with Gasteiger partial charge < -0.3 is 4.74 Å². The van der Waals surface area contributed by atoms with Gasteiger partial charge in [0.05, 0.1) is 0 Å². The van der Waals surface area contributed by atoms with Crippen molar-refractivity contribution in [1.82, 2.24) is 0 Å². The Morgan fingerprint density at radius 3 is 2.24 bits per heavy atom. The predicted molar refractivity (Wildman–Crippen MR) is 74.9 cm³/mol. The van der Waals surface area contributed by atoms with Crippen molar-refractivity contribution in [3.63, 3.8) is 0 Å². The molecule has 0 heterocycles. The first kappa shape index (κ1) is 14.5. The monoisotopic (exact) mass is 254 g/mol. The first-order valence-corrected chi connectivity index (χ1v) is 10.3. The Kier molecular flexibility index (Phi) is 4.59. The van der Waals surface area contributed by atoms with E-state index in [0.717, 1.165) is 19.3 Å². The van der Waals surface area contributed by atoms with Crippen LogP contribution in [0.25, 0.3) is 0 Å². The predicted octanol–water partition coefficient (Wildman–Crippen LogP) is 4.15. The lowest BCUT2D eigenvalue weighted by Crippen LogP contribution is -2.35. The molecule has 0 atom stereocenters. The molecule has 0 aromatic carbocycles. The molecular weight excluding hydrogens is 228 g/mol. The lowest BCUT2D eigenvalue weighted by Gasteiger charge is -2.31. The number of carbonyl (C=O) groups is 1. The third-order valence-corrected chi connectivity index (χ3v) is 5.25. The van der Waals surface area contributed by atoms with E-state index in [9.17, 15) is 4.79 Å². The maximum absolute atomic E-state index is 11.7. The van der Waals surface area contributed by atoms with E-state index in [0.29, 0.717) is 5.57 Å². The highest BCUT2D eigenvalue weighted by Gasteiger charge is 2.38. The largest absolute Gasteiger partial charge is 0.456 e. The van der Waals surface area contributed by atoms with Crippen LogP contribution < -0.4 is 0 Å². The summed E-state index contributed by atoms with van der Waals surface area (Å²) in [6, 6.07) is 1.23. The molecule has 0 saturated heterocycles. The molecular formula is C14H26O2Si. The summed E-state index contributed by atoms with van der Waals surface area (Å²) in [7, 11) is -1.06. The zero-order valence-corrected chi connectivity index (χ0v) is 12.8. The molecule has 0 amide bonds. The van der Waals surface area contributed by atoms with Crippen LogP contribution in [0, 0.1) is 0 Å². The molecule has 0 aromatic rings. The third-order valence-electron chi connectivity index (χ3n) is 3.50. The van der Waals surface area contributed by atoms with Gasteiger partial charge in [-0.05, 0) is 39.0 Å². The minimum atomic E-state index is -1.06. The van der Waals surface area contributed by atoms with Gasteiger partial charge in [-0.15, -0.1) is 0 Å². The summed E-state index contributed by atoms with van der Waals surface area (Å²) in [5, 5.41) is 0. The number of ether oxygens (including phenoxy) is 1. The van der Waals surface area contributed by atoms with Gasteiger partial charge in [0.1, 0.15) is 5.60 Å². The molecule has 98 valence electrons. The fourth-order valence-corrected chi connectivity index (χ4v) is 3.51. The smallest absolute Gasteiger partial charge is 0.333 e. The Morgan fingerprint density at radius 2 is 1.82 bits per heavy atom. The minimum Gasteiger partial charge on any atom is -0.456 e. The van der Waals surface area contributed by atoms with Crippen molar-refractivity contribution in [1.29, 1.82) is 0 Å². The normalized spacial score (nSPS) is 19.1. The Morgan fingerprint density at radius 1 is 1.29 bits per heavy atom. The van der Waals surface area contributed by atoms with Crippen LogP contribution in [-0.4, -0.2) is 19.6 Å². The van der Waals surface area contributed by atoms with Crippen molar-refractivity contribution in [2.75, 3.05) is 0 Å². The molecule has 0 aromatic heterocycles. The van der Waals surface area contributed by atoms with Crippen molar-refractivity contribution in [2.45, 2.75) is 70.3 Å². The van der Waals surface area contributed by atoms with Gasteiger partial charge in [0.25, 0.3) is 0 Å². The van der Waals surface area contributed by atoms with Crippen LogP contribution in [0.3, 0.4) is 0 Å². The van der Waals surface area contributed by atoms with Crippen LogP contribution in [-0.2, 0) is 9.53 Å².